The number of sulfonamides is 1. The van der Waals surface area contributed by atoms with Crippen molar-refractivity contribution in [3.63, 3.8) is 0 Å². The van der Waals surface area contributed by atoms with Gasteiger partial charge in [-0.2, -0.15) is 18.3 Å². The molecule has 0 aliphatic carbocycles. The summed E-state index contributed by atoms with van der Waals surface area (Å²) in [5.74, 6) is -0.238. The van der Waals surface area contributed by atoms with Crippen LogP contribution in [-0.4, -0.2) is 24.0 Å². The monoisotopic (exact) mass is 423 g/mol. The average molecular weight is 423 g/mol. The number of rotatable bonds is 5. The SMILES string of the molecule is CCC(=O)c1cc(-c2ccc(S(N)(=O)=O)cc2)n(-c2ccc(C(F)(F)F)cc2)n1. The fraction of sp³-hybridized carbons (Fsp3) is 0.158. The molecule has 29 heavy (non-hydrogen) atoms. The zero-order valence-electron chi connectivity index (χ0n) is 15.1. The standard InChI is InChI=1S/C19H16F3N3O3S/c1-2-18(26)16-11-17(12-3-9-15(10-4-12)29(23,27)28)25(24-16)14-7-5-13(6-8-14)19(20,21)22/h3-11H,2H2,1H3,(H2,23,27,28). The lowest BCUT2D eigenvalue weighted by molar-refractivity contribution is -0.137. The fourth-order valence-electron chi connectivity index (χ4n) is 2.71. The van der Waals surface area contributed by atoms with E-state index in [2.05, 4.69) is 5.10 Å². The molecule has 1 heterocycles. The lowest BCUT2D eigenvalue weighted by Crippen LogP contribution is -2.11. The minimum absolute atomic E-state index is 0.0910. The first-order valence-electron chi connectivity index (χ1n) is 8.45. The number of nitrogens with two attached hydrogens (primary N) is 1. The predicted octanol–water partition coefficient (Wildman–Crippen LogP) is 3.80. The summed E-state index contributed by atoms with van der Waals surface area (Å²) in [7, 11) is -3.88. The third-order valence-corrected chi connectivity index (χ3v) is 5.16. The van der Waals surface area contributed by atoms with E-state index in [0.29, 0.717) is 16.9 Å². The van der Waals surface area contributed by atoms with E-state index in [-0.39, 0.29) is 22.8 Å². The van der Waals surface area contributed by atoms with Gasteiger partial charge >= 0.3 is 6.18 Å². The van der Waals surface area contributed by atoms with Crippen LogP contribution < -0.4 is 5.14 Å². The second kappa shape index (κ2) is 7.45. The van der Waals surface area contributed by atoms with Gasteiger partial charge in [-0.05, 0) is 42.5 Å². The Morgan fingerprint density at radius 3 is 2.14 bits per heavy atom. The second-order valence-corrected chi connectivity index (χ2v) is 7.78. The summed E-state index contributed by atoms with van der Waals surface area (Å²) in [6.07, 6.45) is -4.27. The molecule has 10 heteroatoms. The zero-order valence-corrected chi connectivity index (χ0v) is 16.0. The molecule has 0 bridgehead atoms. The van der Waals surface area contributed by atoms with Gasteiger partial charge in [-0.15, -0.1) is 0 Å². The maximum absolute atomic E-state index is 12.8. The van der Waals surface area contributed by atoms with Crippen molar-refractivity contribution in [1.82, 2.24) is 9.78 Å². The van der Waals surface area contributed by atoms with E-state index in [1.807, 2.05) is 0 Å². The van der Waals surface area contributed by atoms with E-state index in [0.717, 1.165) is 12.1 Å². The highest BCUT2D eigenvalue weighted by molar-refractivity contribution is 7.89. The molecule has 0 amide bonds. The van der Waals surface area contributed by atoms with E-state index in [4.69, 9.17) is 5.14 Å². The highest BCUT2D eigenvalue weighted by Gasteiger charge is 2.30. The van der Waals surface area contributed by atoms with Gasteiger partial charge in [0.2, 0.25) is 10.0 Å². The number of Topliss-reactive ketones (excluding diaryl/α,β-unsaturated/α-hetero) is 1. The zero-order chi connectivity index (χ0) is 21.4. The number of halogens is 3. The number of aromatic nitrogens is 2. The van der Waals surface area contributed by atoms with Gasteiger partial charge in [0.1, 0.15) is 5.69 Å². The molecule has 0 radical (unpaired) electrons. The molecule has 0 saturated heterocycles. The van der Waals surface area contributed by atoms with E-state index in [9.17, 15) is 26.4 Å². The minimum Gasteiger partial charge on any atom is -0.292 e. The maximum Gasteiger partial charge on any atom is 0.416 e. The Morgan fingerprint density at radius 2 is 1.66 bits per heavy atom. The topological polar surface area (TPSA) is 95.0 Å². The van der Waals surface area contributed by atoms with Crippen LogP contribution in [-0.2, 0) is 16.2 Å². The lowest BCUT2D eigenvalue weighted by Gasteiger charge is -2.10. The van der Waals surface area contributed by atoms with Crippen molar-refractivity contribution in [2.24, 2.45) is 5.14 Å². The van der Waals surface area contributed by atoms with E-state index >= 15 is 0 Å². The summed E-state index contributed by atoms with van der Waals surface area (Å²) in [4.78, 5) is 12.0. The Hall–Kier alpha value is -2.98. The van der Waals surface area contributed by atoms with Crippen LogP contribution in [0.2, 0.25) is 0 Å². The molecule has 0 aliphatic rings. The normalized spacial score (nSPS) is 12.2. The van der Waals surface area contributed by atoms with Crippen LogP contribution in [0.5, 0.6) is 0 Å². The van der Waals surface area contributed by atoms with Crippen molar-refractivity contribution in [2.75, 3.05) is 0 Å². The minimum atomic E-state index is -4.47. The molecular weight excluding hydrogens is 407 g/mol. The van der Waals surface area contributed by atoms with Crippen molar-refractivity contribution in [3.05, 3.63) is 65.9 Å². The highest BCUT2D eigenvalue weighted by Crippen LogP contribution is 2.31. The fourth-order valence-corrected chi connectivity index (χ4v) is 3.22. The average Bonchev–Trinajstić information content (AvgIpc) is 3.11. The number of hydrogen-bond donors (Lipinski definition) is 1. The number of carbonyl (C=O) groups is 1. The van der Waals surface area contributed by atoms with Gasteiger partial charge in [-0.25, -0.2) is 18.2 Å². The van der Waals surface area contributed by atoms with Crippen LogP contribution in [0.3, 0.4) is 0 Å². The Labute approximate surface area is 164 Å². The van der Waals surface area contributed by atoms with Gasteiger partial charge in [-0.3, -0.25) is 4.79 Å². The summed E-state index contributed by atoms with van der Waals surface area (Å²) < 4.78 is 62.7. The van der Waals surface area contributed by atoms with Crippen LogP contribution in [0, 0.1) is 0 Å². The van der Waals surface area contributed by atoms with Crippen molar-refractivity contribution >= 4 is 15.8 Å². The molecule has 0 unspecified atom stereocenters. The first kappa shape index (κ1) is 20.7. The number of carbonyl (C=O) groups excluding carboxylic acids is 1. The molecule has 3 aromatic rings. The molecule has 0 aliphatic heterocycles. The number of hydrogen-bond acceptors (Lipinski definition) is 4. The molecule has 0 spiro atoms. The predicted molar refractivity (Wildman–Crippen MR) is 100.0 cm³/mol. The van der Waals surface area contributed by atoms with Gasteiger partial charge < -0.3 is 0 Å². The van der Waals surface area contributed by atoms with E-state index in [1.165, 1.54) is 47.1 Å². The van der Waals surface area contributed by atoms with Crippen molar-refractivity contribution in [1.29, 1.82) is 0 Å². The Kier molecular flexibility index (Phi) is 5.33. The number of ketones is 1. The van der Waals surface area contributed by atoms with Crippen LogP contribution in [0.15, 0.2) is 59.5 Å². The first-order chi connectivity index (χ1) is 13.5. The number of nitrogens with zero attached hydrogens (tertiary/aromatic N) is 2. The molecule has 2 aromatic carbocycles. The maximum atomic E-state index is 12.8. The second-order valence-electron chi connectivity index (χ2n) is 6.22. The van der Waals surface area contributed by atoms with Gasteiger partial charge in [0.05, 0.1) is 21.8 Å². The van der Waals surface area contributed by atoms with Crippen molar-refractivity contribution in [2.45, 2.75) is 24.4 Å². The van der Waals surface area contributed by atoms with Crippen LogP contribution in [0.25, 0.3) is 16.9 Å². The quantitative estimate of drug-likeness (QED) is 0.632. The van der Waals surface area contributed by atoms with Crippen molar-refractivity contribution in [3.8, 4) is 16.9 Å². The summed E-state index contributed by atoms with van der Waals surface area (Å²) in [5.41, 5.74) is 0.594. The van der Waals surface area contributed by atoms with Crippen LogP contribution >= 0.6 is 0 Å². The largest absolute Gasteiger partial charge is 0.416 e. The smallest absolute Gasteiger partial charge is 0.292 e. The molecule has 152 valence electrons. The first-order valence-corrected chi connectivity index (χ1v) is 9.99. The molecule has 6 nitrogen and oxygen atoms in total. The van der Waals surface area contributed by atoms with Gasteiger partial charge in [-0.1, -0.05) is 19.1 Å². The third-order valence-electron chi connectivity index (χ3n) is 4.23. The third kappa shape index (κ3) is 4.38. The Morgan fingerprint density at radius 1 is 1.07 bits per heavy atom. The molecule has 0 fully saturated rings. The lowest BCUT2D eigenvalue weighted by atomic mass is 10.1. The summed E-state index contributed by atoms with van der Waals surface area (Å²) in [5, 5.41) is 9.33. The molecule has 0 atom stereocenters. The van der Waals surface area contributed by atoms with Crippen molar-refractivity contribution < 1.29 is 26.4 Å². The summed E-state index contributed by atoms with van der Waals surface area (Å²) >= 11 is 0. The molecule has 2 N–H and O–H groups in total. The molecule has 3 rings (SSSR count). The van der Waals surface area contributed by atoms with Gasteiger partial charge in [0.15, 0.2) is 5.78 Å². The summed E-state index contributed by atoms with van der Waals surface area (Å²) in [6.45, 7) is 1.67. The van der Waals surface area contributed by atoms with Crippen LogP contribution in [0.4, 0.5) is 13.2 Å². The molecule has 0 saturated carbocycles. The van der Waals surface area contributed by atoms with Gasteiger partial charge in [0.25, 0.3) is 0 Å². The molecular formula is C19H16F3N3O3S. The summed E-state index contributed by atoms with van der Waals surface area (Å²) in [6, 6.07) is 11.4. The number of primary sulfonamides is 1. The number of alkyl halides is 3. The van der Waals surface area contributed by atoms with Crippen LogP contribution in [0.1, 0.15) is 29.4 Å². The van der Waals surface area contributed by atoms with Gasteiger partial charge in [0, 0.05) is 12.0 Å². The molecule has 1 aromatic heterocycles. The van der Waals surface area contributed by atoms with E-state index in [1.54, 1.807) is 6.92 Å². The Balaban J connectivity index is 2.12. The van der Waals surface area contributed by atoms with E-state index < -0.39 is 21.8 Å². The highest BCUT2D eigenvalue weighted by atomic mass is 32.2. The Bertz CT molecular complexity index is 1150. The number of benzene rings is 2.